The molecule has 0 aliphatic carbocycles. The van der Waals surface area contributed by atoms with Gasteiger partial charge in [0.2, 0.25) is 0 Å². The van der Waals surface area contributed by atoms with E-state index in [1.54, 1.807) is 0 Å². The van der Waals surface area contributed by atoms with Crippen molar-refractivity contribution >= 4 is 0 Å². The van der Waals surface area contributed by atoms with Crippen LogP contribution in [0, 0.1) is 0 Å². The smallest absolute Gasteiger partial charge is 0.0621 e. The van der Waals surface area contributed by atoms with E-state index in [9.17, 15) is 0 Å². The number of hydrogen-bond acceptors (Lipinski definition) is 2. The highest BCUT2D eigenvalue weighted by Gasteiger charge is 2.27. The summed E-state index contributed by atoms with van der Waals surface area (Å²) >= 11 is 0. The van der Waals surface area contributed by atoms with Crippen LogP contribution in [0.2, 0.25) is 0 Å². The van der Waals surface area contributed by atoms with E-state index in [-0.39, 0.29) is 0 Å². The maximum absolute atomic E-state index is 2.56. The Labute approximate surface area is 92.5 Å². The number of hydrogen-bond donors (Lipinski definition) is 0. The fourth-order valence-corrected chi connectivity index (χ4v) is 2.44. The van der Waals surface area contributed by atoms with Gasteiger partial charge in [-0.2, -0.15) is 0 Å². The minimum atomic E-state index is 0.630. The molecule has 0 amide bonds. The van der Waals surface area contributed by atoms with Crippen molar-refractivity contribution in [1.29, 1.82) is 0 Å². The van der Waals surface area contributed by atoms with Gasteiger partial charge in [-0.3, -0.25) is 9.80 Å². The van der Waals surface area contributed by atoms with Gasteiger partial charge in [-0.1, -0.05) is 37.3 Å². The molecule has 1 aliphatic rings. The normalized spacial score (nSPS) is 23.5. The molecule has 1 unspecified atom stereocenters. The molecule has 1 fully saturated rings. The molecule has 0 aromatic heterocycles. The molecular weight excluding hydrogens is 184 g/mol. The van der Waals surface area contributed by atoms with Crippen LogP contribution in [0.5, 0.6) is 0 Å². The monoisotopic (exact) mass is 204 g/mol. The summed E-state index contributed by atoms with van der Waals surface area (Å²) in [6.45, 7) is 5.75. The standard InChI is InChI=1S/C13H20N2/c1-3-13-14(2)9-10-15(13)11-12-7-5-4-6-8-12/h4-8,13H,3,9-11H2,1-2H3. The number of nitrogens with zero attached hydrogens (tertiary/aromatic N) is 2. The summed E-state index contributed by atoms with van der Waals surface area (Å²) in [6.07, 6.45) is 1.84. The average molecular weight is 204 g/mol. The van der Waals surface area contributed by atoms with E-state index in [4.69, 9.17) is 0 Å². The lowest BCUT2D eigenvalue weighted by Gasteiger charge is -2.26. The van der Waals surface area contributed by atoms with Crippen LogP contribution in [0.3, 0.4) is 0 Å². The lowest BCUT2D eigenvalue weighted by atomic mass is 10.2. The second-order valence-electron chi connectivity index (χ2n) is 4.33. The summed E-state index contributed by atoms with van der Waals surface area (Å²) in [6, 6.07) is 10.7. The van der Waals surface area contributed by atoms with Crippen molar-refractivity contribution in [2.45, 2.75) is 26.1 Å². The largest absolute Gasteiger partial charge is 0.290 e. The molecule has 1 aromatic rings. The van der Waals surface area contributed by atoms with Gasteiger partial charge >= 0.3 is 0 Å². The van der Waals surface area contributed by atoms with Gasteiger partial charge in [-0.05, 0) is 19.0 Å². The van der Waals surface area contributed by atoms with Crippen LogP contribution >= 0.6 is 0 Å². The Bertz CT molecular complexity index is 297. The van der Waals surface area contributed by atoms with E-state index < -0.39 is 0 Å². The van der Waals surface area contributed by atoms with Crippen molar-refractivity contribution < 1.29 is 0 Å². The molecule has 0 saturated carbocycles. The predicted molar refractivity (Wildman–Crippen MR) is 63.6 cm³/mol. The Morgan fingerprint density at radius 2 is 1.93 bits per heavy atom. The Morgan fingerprint density at radius 1 is 1.20 bits per heavy atom. The van der Waals surface area contributed by atoms with Crippen LogP contribution in [0.25, 0.3) is 0 Å². The fourth-order valence-electron chi connectivity index (χ4n) is 2.44. The van der Waals surface area contributed by atoms with Crippen molar-refractivity contribution in [3.05, 3.63) is 35.9 Å². The summed E-state index contributed by atoms with van der Waals surface area (Å²) in [5.74, 6) is 0. The van der Waals surface area contributed by atoms with Crippen LogP contribution in [0.1, 0.15) is 18.9 Å². The number of rotatable bonds is 3. The lowest BCUT2D eigenvalue weighted by Crippen LogP contribution is -2.35. The van der Waals surface area contributed by atoms with Gasteiger partial charge in [-0.25, -0.2) is 0 Å². The Balaban J connectivity index is 2.00. The molecule has 1 heterocycles. The molecule has 0 bridgehead atoms. The quantitative estimate of drug-likeness (QED) is 0.744. The highest BCUT2D eigenvalue weighted by Crippen LogP contribution is 2.18. The van der Waals surface area contributed by atoms with Crippen molar-refractivity contribution in [3.8, 4) is 0 Å². The van der Waals surface area contributed by atoms with Gasteiger partial charge in [0.15, 0.2) is 0 Å². The Kier molecular flexibility index (Phi) is 3.39. The van der Waals surface area contributed by atoms with Crippen LogP contribution in [-0.2, 0) is 6.54 Å². The summed E-state index contributed by atoms with van der Waals surface area (Å²) < 4.78 is 0. The first-order valence-electron chi connectivity index (χ1n) is 5.79. The van der Waals surface area contributed by atoms with Gasteiger partial charge in [0.25, 0.3) is 0 Å². The van der Waals surface area contributed by atoms with E-state index in [2.05, 4.69) is 54.1 Å². The van der Waals surface area contributed by atoms with Crippen molar-refractivity contribution in [3.63, 3.8) is 0 Å². The second kappa shape index (κ2) is 4.77. The molecule has 0 N–H and O–H groups in total. The van der Waals surface area contributed by atoms with Crippen molar-refractivity contribution in [2.75, 3.05) is 20.1 Å². The van der Waals surface area contributed by atoms with Gasteiger partial charge in [0.05, 0.1) is 6.17 Å². The van der Waals surface area contributed by atoms with Crippen LogP contribution in [0.4, 0.5) is 0 Å². The van der Waals surface area contributed by atoms with E-state index in [1.807, 2.05) is 0 Å². The van der Waals surface area contributed by atoms with Crippen molar-refractivity contribution in [1.82, 2.24) is 9.80 Å². The maximum atomic E-state index is 2.56. The van der Waals surface area contributed by atoms with Crippen LogP contribution in [0.15, 0.2) is 30.3 Å². The van der Waals surface area contributed by atoms with Gasteiger partial charge in [0, 0.05) is 19.6 Å². The van der Waals surface area contributed by atoms with E-state index >= 15 is 0 Å². The molecular formula is C13H20N2. The predicted octanol–water partition coefficient (Wildman–Crippen LogP) is 2.17. The third-order valence-electron chi connectivity index (χ3n) is 3.26. The first-order valence-corrected chi connectivity index (χ1v) is 5.79. The van der Waals surface area contributed by atoms with E-state index in [0.717, 1.165) is 6.54 Å². The van der Waals surface area contributed by atoms with Gasteiger partial charge in [0.1, 0.15) is 0 Å². The minimum Gasteiger partial charge on any atom is -0.290 e. The second-order valence-corrected chi connectivity index (χ2v) is 4.33. The first-order chi connectivity index (χ1) is 7.31. The van der Waals surface area contributed by atoms with Gasteiger partial charge < -0.3 is 0 Å². The molecule has 2 nitrogen and oxygen atoms in total. The molecule has 2 heteroatoms. The number of likely N-dealkylation sites (N-methyl/N-ethyl adjacent to an activating group) is 1. The van der Waals surface area contributed by atoms with Crippen molar-refractivity contribution in [2.24, 2.45) is 0 Å². The zero-order chi connectivity index (χ0) is 10.7. The topological polar surface area (TPSA) is 6.48 Å². The first kappa shape index (κ1) is 10.7. The molecule has 1 aromatic carbocycles. The lowest BCUT2D eigenvalue weighted by molar-refractivity contribution is 0.148. The van der Waals surface area contributed by atoms with Crippen LogP contribution < -0.4 is 0 Å². The highest BCUT2D eigenvalue weighted by atomic mass is 15.4. The SMILES string of the molecule is CCC1N(C)CCN1Cc1ccccc1. The molecule has 0 spiro atoms. The van der Waals surface area contributed by atoms with Gasteiger partial charge in [-0.15, -0.1) is 0 Å². The molecule has 2 rings (SSSR count). The third-order valence-corrected chi connectivity index (χ3v) is 3.26. The zero-order valence-corrected chi connectivity index (χ0v) is 9.69. The average Bonchev–Trinajstić information content (AvgIpc) is 2.61. The highest BCUT2D eigenvalue weighted by molar-refractivity contribution is 5.14. The van der Waals surface area contributed by atoms with E-state index in [0.29, 0.717) is 6.17 Å². The Morgan fingerprint density at radius 3 is 2.60 bits per heavy atom. The summed E-state index contributed by atoms with van der Waals surface area (Å²) in [7, 11) is 2.22. The molecule has 82 valence electrons. The fraction of sp³-hybridized carbons (Fsp3) is 0.538. The zero-order valence-electron chi connectivity index (χ0n) is 9.69. The Hall–Kier alpha value is -0.860. The van der Waals surface area contributed by atoms with Crippen LogP contribution in [-0.4, -0.2) is 36.1 Å². The molecule has 15 heavy (non-hydrogen) atoms. The summed E-state index contributed by atoms with van der Waals surface area (Å²) in [5, 5.41) is 0. The molecule has 1 saturated heterocycles. The number of benzene rings is 1. The third kappa shape index (κ3) is 2.39. The molecule has 1 aliphatic heterocycles. The maximum Gasteiger partial charge on any atom is 0.0621 e. The minimum absolute atomic E-state index is 0.630. The summed E-state index contributed by atoms with van der Waals surface area (Å²) in [4.78, 5) is 5.01. The molecule has 1 atom stereocenters. The molecule has 0 radical (unpaired) electrons. The van der Waals surface area contributed by atoms with E-state index in [1.165, 1.54) is 25.1 Å². The summed E-state index contributed by atoms with van der Waals surface area (Å²) in [5.41, 5.74) is 1.42.